The maximum absolute atomic E-state index is 12.4. The number of fused-ring (bicyclic) bond motifs is 1. The molecule has 1 saturated heterocycles. The average molecular weight is 377 g/mol. The van der Waals surface area contributed by atoms with E-state index in [-0.39, 0.29) is 29.7 Å². The molecule has 28 heavy (non-hydrogen) atoms. The third-order valence-electron chi connectivity index (χ3n) is 4.82. The molecular weight excluding hydrogens is 358 g/mol. The molecule has 142 valence electrons. The topological polar surface area (TPSA) is 72.9 Å². The van der Waals surface area contributed by atoms with E-state index >= 15 is 0 Å². The van der Waals surface area contributed by atoms with E-state index in [4.69, 9.17) is 9.47 Å². The number of carbonyl (C=O) groups is 3. The largest absolute Gasteiger partial charge is 0.484 e. The molecule has 2 aromatic carbocycles. The summed E-state index contributed by atoms with van der Waals surface area (Å²) in [5.74, 6) is -0.0282. The van der Waals surface area contributed by atoms with Crippen molar-refractivity contribution in [3.63, 3.8) is 0 Å². The smallest absolute Gasteiger partial charge is 0.260 e. The first-order valence-corrected chi connectivity index (χ1v) is 9.12. The highest BCUT2D eigenvalue weighted by Gasteiger charge is 2.32. The van der Waals surface area contributed by atoms with Crippen LogP contribution in [0.1, 0.15) is 26.3 Å². The number of hydrogen-bond donors (Lipinski definition) is 0. The van der Waals surface area contributed by atoms with Crippen molar-refractivity contribution in [2.45, 2.75) is 0 Å². The van der Waals surface area contributed by atoms with Gasteiger partial charge in [0.25, 0.3) is 5.91 Å². The number of ether oxygens (including phenoxy) is 2. The maximum Gasteiger partial charge on any atom is 0.260 e. The van der Waals surface area contributed by atoms with Crippen LogP contribution in [0.15, 0.2) is 54.1 Å². The summed E-state index contributed by atoms with van der Waals surface area (Å²) in [7, 11) is 0. The Bertz CT molecular complexity index is 918. The number of rotatable bonds is 4. The SMILES string of the molecule is O=C1C(=Cc2ccc(OCC(=O)N3CCOCC3)cc2)C(=O)c2ccccc21. The van der Waals surface area contributed by atoms with E-state index in [9.17, 15) is 14.4 Å². The molecule has 1 fully saturated rings. The van der Waals surface area contributed by atoms with E-state index in [0.29, 0.717) is 43.2 Å². The van der Waals surface area contributed by atoms with Crippen molar-refractivity contribution in [1.82, 2.24) is 4.90 Å². The van der Waals surface area contributed by atoms with E-state index in [1.165, 1.54) is 0 Å². The van der Waals surface area contributed by atoms with E-state index in [2.05, 4.69) is 0 Å². The number of morpholine rings is 1. The second kappa shape index (κ2) is 7.78. The molecule has 0 unspecified atom stereocenters. The number of carbonyl (C=O) groups excluding carboxylic acids is 3. The van der Waals surface area contributed by atoms with Crippen molar-refractivity contribution in [1.29, 1.82) is 0 Å². The van der Waals surface area contributed by atoms with Crippen LogP contribution >= 0.6 is 0 Å². The van der Waals surface area contributed by atoms with Crippen molar-refractivity contribution < 1.29 is 23.9 Å². The number of nitrogens with zero attached hydrogens (tertiary/aromatic N) is 1. The zero-order chi connectivity index (χ0) is 19.5. The molecule has 0 bridgehead atoms. The van der Waals surface area contributed by atoms with E-state index in [0.717, 1.165) is 5.56 Å². The van der Waals surface area contributed by atoms with Crippen molar-refractivity contribution in [3.05, 3.63) is 70.8 Å². The van der Waals surface area contributed by atoms with Gasteiger partial charge in [-0.25, -0.2) is 0 Å². The van der Waals surface area contributed by atoms with Gasteiger partial charge in [0.15, 0.2) is 18.2 Å². The van der Waals surface area contributed by atoms with Crippen LogP contribution < -0.4 is 4.74 Å². The molecule has 0 spiro atoms. The minimum absolute atomic E-state index is 0.0350. The van der Waals surface area contributed by atoms with Gasteiger partial charge >= 0.3 is 0 Å². The van der Waals surface area contributed by atoms with Gasteiger partial charge in [-0.05, 0) is 23.8 Å². The summed E-state index contributed by atoms with van der Waals surface area (Å²) in [4.78, 5) is 38.7. The van der Waals surface area contributed by atoms with Crippen molar-refractivity contribution in [3.8, 4) is 5.75 Å². The number of benzene rings is 2. The monoisotopic (exact) mass is 377 g/mol. The Morgan fingerprint density at radius 2 is 1.57 bits per heavy atom. The molecule has 1 amide bonds. The van der Waals surface area contributed by atoms with Gasteiger partial charge in [-0.15, -0.1) is 0 Å². The highest BCUT2D eigenvalue weighted by molar-refractivity contribution is 6.41. The first-order valence-electron chi connectivity index (χ1n) is 9.12. The minimum atomic E-state index is -0.253. The molecule has 1 aliphatic heterocycles. The second-order valence-electron chi connectivity index (χ2n) is 6.61. The number of hydrogen-bond acceptors (Lipinski definition) is 5. The summed E-state index contributed by atoms with van der Waals surface area (Å²) in [5, 5.41) is 0. The van der Waals surface area contributed by atoms with Crippen LogP contribution in [0.2, 0.25) is 0 Å². The molecular formula is C22H19NO5. The molecule has 6 nitrogen and oxygen atoms in total. The predicted molar refractivity (Wildman–Crippen MR) is 102 cm³/mol. The van der Waals surface area contributed by atoms with Crippen LogP contribution in [-0.4, -0.2) is 55.3 Å². The predicted octanol–water partition coefficient (Wildman–Crippen LogP) is 2.39. The second-order valence-corrected chi connectivity index (χ2v) is 6.61. The molecule has 0 N–H and O–H groups in total. The fourth-order valence-electron chi connectivity index (χ4n) is 3.28. The van der Waals surface area contributed by atoms with E-state index in [1.54, 1.807) is 59.5 Å². The lowest BCUT2D eigenvalue weighted by atomic mass is 10.1. The third kappa shape index (κ3) is 3.59. The summed E-state index contributed by atoms with van der Waals surface area (Å²) < 4.78 is 10.8. The quantitative estimate of drug-likeness (QED) is 0.604. The Morgan fingerprint density at radius 3 is 2.18 bits per heavy atom. The van der Waals surface area contributed by atoms with Gasteiger partial charge in [0.05, 0.1) is 18.8 Å². The van der Waals surface area contributed by atoms with Crippen molar-refractivity contribution in [2.75, 3.05) is 32.9 Å². The van der Waals surface area contributed by atoms with E-state index in [1.807, 2.05) is 0 Å². The highest BCUT2D eigenvalue weighted by atomic mass is 16.5. The lowest BCUT2D eigenvalue weighted by molar-refractivity contribution is -0.137. The lowest BCUT2D eigenvalue weighted by Crippen LogP contribution is -2.42. The van der Waals surface area contributed by atoms with Gasteiger partial charge in [-0.2, -0.15) is 0 Å². The van der Waals surface area contributed by atoms with Gasteiger partial charge in [0.2, 0.25) is 0 Å². The standard InChI is InChI=1S/C22H19NO5/c24-20(23-9-11-27-12-10-23)14-28-16-7-5-15(6-8-16)13-19-21(25)17-3-1-2-4-18(17)22(19)26/h1-8,13H,9-12,14H2. The Morgan fingerprint density at radius 1 is 0.964 bits per heavy atom. The van der Waals surface area contributed by atoms with Gasteiger partial charge in [-0.1, -0.05) is 36.4 Å². The Balaban J connectivity index is 1.41. The maximum atomic E-state index is 12.4. The molecule has 6 heteroatoms. The molecule has 1 heterocycles. The fourth-order valence-corrected chi connectivity index (χ4v) is 3.28. The third-order valence-corrected chi connectivity index (χ3v) is 4.82. The zero-order valence-corrected chi connectivity index (χ0v) is 15.2. The van der Waals surface area contributed by atoms with Gasteiger partial charge in [-0.3, -0.25) is 14.4 Å². The summed E-state index contributed by atoms with van der Waals surface area (Å²) in [6.07, 6.45) is 1.59. The summed E-state index contributed by atoms with van der Waals surface area (Å²) in [5.41, 5.74) is 1.77. The van der Waals surface area contributed by atoms with Crippen LogP contribution in [0.4, 0.5) is 0 Å². The minimum Gasteiger partial charge on any atom is -0.484 e. The van der Waals surface area contributed by atoms with Crippen LogP contribution in [0.5, 0.6) is 5.75 Å². The van der Waals surface area contributed by atoms with Crippen LogP contribution in [0.25, 0.3) is 6.08 Å². The Labute approximate surface area is 162 Å². The van der Waals surface area contributed by atoms with Crippen LogP contribution in [-0.2, 0) is 9.53 Å². The average Bonchev–Trinajstić information content (AvgIpc) is 2.99. The number of Topliss-reactive ketones (excluding diaryl/α,β-unsaturated/α-hetero) is 2. The first-order chi connectivity index (χ1) is 13.6. The van der Waals surface area contributed by atoms with Gasteiger partial charge in [0, 0.05) is 24.2 Å². The summed E-state index contributed by atoms with van der Waals surface area (Å²) >= 11 is 0. The number of ketones is 2. The Hall–Kier alpha value is -3.25. The zero-order valence-electron chi connectivity index (χ0n) is 15.2. The number of amides is 1. The number of allylic oxidation sites excluding steroid dienone is 1. The Kier molecular flexibility index (Phi) is 5.04. The molecule has 0 atom stereocenters. The molecule has 2 aliphatic rings. The lowest BCUT2D eigenvalue weighted by Gasteiger charge is -2.26. The van der Waals surface area contributed by atoms with E-state index < -0.39 is 0 Å². The molecule has 0 radical (unpaired) electrons. The normalized spacial score (nSPS) is 16.1. The molecule has 1 aliphatic carbocycles. The van der Waals surface area contributed by atoms with Crippen molar-refractivity contribution >= 4 is 23.5 Å². The molecule has 4 rings (SSSR count). The fraction of sp³-hybridized carbons (Fsp3) is 0.227. The van der Waals surface area contributed by atoms with Crippen LogP contribution in [0, 0.1) is 0 Å². The summed E-state index contributed by atoms with van der Waals surface area (Å²) in [6, 6.07) is 13.8. The molecule has 0 aromatic heterocycles. The summed E-state index contributed by atoms with van der Waals surface area (Å²) in [6.45, 7) is 2.23. The van der Waals surface area contributed by atoms with Crippen LogP contribution in [0.3, 0.4) is 0 Å². The first kappa shape index (κ1) is 18.1. The molecule has 2 aromatic rings. The van der Waals surface area contributed by atoms with Gasteiger partial charge in [0.1, 0.15) is 5.75 Å². The highest BCUT2D eigenvalue weighted by Crippen LogP contribution is 2.28. The van der Waals surface area contributed by atoms with Gasteiger partial charge < -0.3 is 14.4 Å². The molecule has 0 saturated carbocycles. The van der Waals surface area contributed by atoms with Crippen molar-refractivity contribution in [2.24, 2.45) is 0 Å².